The van der Waals surface area contributed by atoms with E-state index in [1.54, 1.807) is 38.4 Å². The van der Waals surface area contributed by atoms with Gasteiger partial charge in [0, 0.05) is 6.54 Å². The second-order valence-corrected chi connectivity index (χ2v) is 5.75. The molecule has 1 aromatic rings. The van der Waals surface area contributed by atoms with Gasteiger partial charge >= 0.3 is 12.1 Å². The summed E-state index contributed by atoms with van der Waals surface area (Å²) < 4.78 is 11.7. The average Bonchev–Trinajstić information content (AvgIpc) is 2.80. The Hall–Kier alpha value is -2.05. The largest absolute Gasteiger partial charge is 0.461 e. The molecule has 0 saturated heterocycles. The highest BCUT2D eigenvalue weighted by Gasteiger charge is 2.18. The zero-order valence-corrected chi connectivity index (χ0v) is 13.9. The van der Waals surface area contributed by atoms with Crippen LogP contribution in [0, 0.1) is 0 Å². The Bertz CT molecular complexity index is 517. The van der Waals surface area contributed by atoms with Crippen LogP contribution in [0.15, 0.2) is 6.07 Å². The van der Waals surface area contributed by atoms with Gasteiger partial charge in [0.25, 0.3) is 0 Å². The van der Waals surface area contributed by atoms with E-state index in [4.69, 9.17) is 9.47 Å². The maximum absolute atomic E-state index is 11.9. The van der Waals surface area contributed by atoms with E-state index in [1.807, 2.05) is 6.92 Å². The van der Waals surface area contributed by atoms with E-state index in [-0.39, 0.29) is 0 Å². The molecule has 1 aromatic heterocycles. The van der Waals surface area contributed by atoms with E-state index in [2.05, 4.69) is 10.4 Å². The fraction of sp³-hybridized carbons (Fsp3) is 0.667. The molecule has 22 heavy (non-hydrogen) atoms. The molecule has 0 aliphatic carbocycles. The topological polar surface area (TPSA) is 82.5 Å². The first-order valence-electron chi connectivity index (χ1n) is 7.47. The first-order chi connectivity index (χ1) is 10.3. The molecule has 124 valence electrons. The van der Waals surface area contributed by atoms with Crippen molar-refractivity contribution in [1.29, 1.82) is 0 Å². The zero-order valence-electron chi connectivity index (χ0n) is 13.9. The van der Waals surface area contributed by atoms with Gasteiger partial charge in [0.15, 0.2) is 0 Å². The monoisotopic (exact) mass is 311 g/mol. The summed E-state index contributed by atoms with van der Waals surface area (Å²) in [5, 5.41) is 6.97. The number of amides is 1. The number of carbonyl (C=O) groups excluding carboxylic acids is 2. The summed E-state index contributed by atoms with van der Waals surface area (Å²) in [5.41, 5.74) is 0.659. The van der Waals surface area contributed by atoms with Crippen molar-refractivity contribution in [3.8, 4) is 0 Å². The standard InChI is InChI=1S/C15H25N3O4/c1-6-11-10-12(13(19)21-7-2)18(17-11)9-8-16-14(20)22-15(3,4)5/h10H,6-9H2,1-5H3,(H,16,20). The Kier molecular flexibility index (Phi) is 6.39. The molecule has 0 radical (unpaired) electrons. The number of carbonyl (C=O) groups is 2. The van der Waals surface area contributed by atoms with Crippen molar-refractivity contribution in [2.24, 2.45) is 0 Å². The number of ether oxygens (including phenoxy) is 2. The normalized spacial score (nSPS) is 11.1. The Morgan fingerprint density at radius 3 is 2.55 bits per heavy atom. The van der Waals surface area contributed by atoms with Crippen LogP contribution in [0.5, 0.6) is 0 Å². The highest BCUT2D eigenvalue weighted by Crippen LogP contribution is 2.08. The van der Waals surface area contributed by atoms with Crippen molar-refractivity contribution in [1.82, 2.24) is 15.1 Å². The number of hydrogen-bond donors (Lipinski definition) is 1. The van der Waals surface area contributed by atoms with Crippen molar-refractivity contribution >= 4 is 12.1 Å². The minimum atomic E-state index is -0.540. The molecule has 1 N–H and O–H groups in total. The van der Waals surface area contributed by atoms with E-state index >= 15 is 0 Å². The predicted octanol–water partition coefficient (Wildman–Crippen LogP) is 2.15. The van der Waals surface area contributed by atoms with Crippen molar-refractivity contribution in [2.45, 2.75) is 53.2 Å². The third-order valence-corrected chi connectivity index (χ3v) is 2.67. The lowest BCUT2D eigenvalue weighted by Gasteiger charge is -2.19. The van der Waals surface area contributed by atoms with E-state index in [9.17, 15) is 9.59 Å². The van der Waals surface area contributed by atoms with Crippen LogP contribution >= 0.6 is 0 Å². The van der Waals surface area contributed by atoms with E-state index in [0.717, 1.165) is 12.1 Å². The summed E-state index contributed by atoms with van der Waals surface area (Å²) in [6.45, 7) is 10.1. The van der Waals surface area contributed by atoms with Gasteiger partial charge in [0.1, 0.15) is 11.3 Å². The summed E-state index contributed by atoms with van der Waals surface area (Å²) in [7, 11) is 0. The minimum absolute atomic E-state index is 0.307. The smallest absolute Gasteiger partial charge is 0.407 e. The second kappa shape index (κ2) is 7.82. The first-order valence-corrected chi connectivity index (χ1v) is 7.47. The molecule has 0 aliphatic heterocycles. The minimum Gasteiger partial charge on any atom is -0.461 e. The van der Waals surface area contributed by atoms with Gasteiger partial charge in [0.05, 0.1) is 18.8 Å². The Morgan fingerprint density at radius 1 is 1.32 bits per heavy atom. The number of nitrogens with zero attached hydrogens (tertiary/aromatic N) is 2. The molecule has 0 bridgehead atoms. The molecule has 0 atom stereocenters. The van der Waals surface area contributed by atoms with Gasteiger partial charge in [-0.15, -0.1) is 0 Å². The third-order valence-electron chi connectivity index (χ3n) is 2.67. The van der Waals surface area contributed by atoms with Crippen LogP contribution in [-0.2, 0) is 22.4 Å². The van der Waals surface area contributed by atoms with Gasteiger partial charge in [-0.3, -0.25) is 4.68 Å². The molecule has 1 amide bonds. The van der Waals surface area contributed by atoms with Crippen LogP contribution in [0.3, 0.4) is 0 Å². The van der Waals surface area contributed by atoms with Crippen molar-refractivity contribution in [2.75, 3.05) is 13.2 Å². The predicted molar refractivity (Wildman–Crippen MR) is 81.8 cm³/mol. The zero-order chi connectivity index (χ0) is 16.8. The van der Waals surface area contributed by atoms with Crippen LogP contribution in [0.4, 0.5) is 4.79 Å². The Morgan fingerprint density at radius 2 is 2.00 bits per heavy atom. The fourth-order valence-electron chi connectivity index (χ4n) is 1.76. The number of aromatic nitrogens is 2. The molecule has 7 nitrogen and oxygen atoms in total. The first kappa shape index (κ1) is 18.0. The van der Waals surface area contributed by atoms with Crippen molar-refractivity contribution < 1.29 is 19.1 Å². The molecule has 0 unspecified atom stereocenters. The molecule has 0 aromatic carbocycles. The Labute approximate surface area is 131 Å². The van der Waals surface area contributed by atoms with Crippen LogP contribution < -0.4 is 5.32 Å². The molecule has 0 aliphatic rings. The number of hydrogen-bond acceptors (Lipinski definition) is 5. The van der Waals surface area contributed by atoms with Crippen molar-refractivity contribution in [3.05, 3.63) is 17.5 Å². The van der Waals surface area contributed by atoms with E-state index < -0.39 is 17.7 Å². The number of nitrogens with one attached hydrogen (secondary N) is 1. The molecule has 0 spiro atoms. The van der Waals surface area contributed by atoms with E-state index in [1.165, 1.54) is 0 Å². The third kappa shape index (κ3) is 5.75. The molecule has 7 heteroatoms. The van der Waals surface area contributed by atoms with Crippen molar-refractivity contribution in [3.63, 3.8) is 0 Å². The van der Waals surface area contributed by atoms with E-state index in [0.29, 0.717) is 25.4 Å². The summed E-state index contributed by atoms with van der Waals surface area (Å²) in [4.78, 5) is 23.5. The molecule has 0 saturated carbocycles. The maximum atomic E-state index is 11.9. The number of aryl methyl sites for hydroxylation is 1. The molecule has 1 heterocycles. The number of alkyl carbamates (subject to hydrolysis) is 1. The molecule has 0 fully saturated rings. The summed E-state index contributed by atoms with van der Waals surface area (Å²) >= 11 is 0. The second-order valence-electron chi connectivity index (χ2n) is 5.75. The summed E-state index contributed by atoms with van der Waals surface area (Å²) in [6.07, 6.45) is 0.229. The lowest BCUT2D eigenvalue weighted by Crippen LogP contribution is -2.34. The van der Waals surface area contributed by atoms with Crippen LogP contribution in [0.2, 0.25) is 0 Å². The molecule has 1 rings (SSSR count). The average molecular weight is 311 g/mol. The lowest BCUT2D eigenvalue weighted by atomic mass is 10.2. The maximum Gasteiger partial charge on any atom is 0.407 e. The molecular formula is C15H25N3O4. The quantitative estimate of drug-likeness (QED) is 0.814. The number of rotatable bonds is 6. The number of esters is 1. The lowest BCUT2D eigenvalue weighted by molar-refractivity contribution is 0.0512. The van der Waals surface area contributed by atoms with Gasteiger partial charge in [-0.1, -0.05) is 6.92 Å². The SMILES string of the molecule is CCOC(=O)c1cc(CC)nn1CCNC(=O)OC(C)(C)C. The highest BCUT2D eigenvalue weighted by molar-refractivity contribution is 5.87. The highest BCUT2D eigenvalue weighted by atomic mass is 16.6. The van der Waals surface area contributed by atoms with Gasteiger partial charge in [-0.05, 0) is 40.2 Å². The summed E-state index contributed by atoms with van der Waals surface area (Å²) in [6, 6.07) is 1.71. The van der Waals surface area contributed by atoms with Crippen LogP contribution in [0.25, 0.3) is 0 Å². The summed E-state index contributed by atoms with van der Waals surface area (Å²) in [5.74, 6) is -0.410. The molecular weight excluding hydrogens is 286 g/mol. The van der Waals surface area contributed by atoms with Crippen LogP contribution in [0.1, 0.15) is 50.8 Å². The van der Waals surface area contributed by atoms with Gasteiger partial charge in [0.2, 0.25) is 0 Å². The Balaban J connectivity index is 2.63. The fourth-order valence-corrected chi connectivity index (χ4v) is 1.76. The van der Waals surface area contributed by atoms with Crippen LogP contribution in [-0.4, -0.2) is 40.6 Å². The van der Waals surface area contributed by atoms with Gasteiger partial charge < -0.3 is 14.8 Å². The van der Waals surface area contributed by atoms with Gasteiger partial charge in [-0.25, -0.2) is 9.59 Å². The van der Waals surface area contributed by atoms with Gasteiger partial charge in [-0.2, -0.15) is 5.10 Å².